The van der Waals surface area contributed by atoms with E-state index in [0.717, 1.165) is 17.3 Å². The van der Waals surface area contributed by atoms with Crippen molar-refractivity contribution in [1.29, 1.82) is 0 Å². The Morgan fingerprint density at radius 2 is 1.89 bits per heavy atom. The average Bonchev–Trinajstić information content (AvgIpc) is 2.82. The molecule has 0 bridgehead atoms. The zero-order chi connectivity index (χ0) is 12.4. The van der Waals surface area contributed by atoms with E-state index >= 15 is 0 Å². The number of benzene rings is 2. The highest BCUT2D eigenvalue weighted by molar-refractivity contribution is 6.30. The molecule has 92 valence electrons. The molecule has 0 amide bonds. The van der Waals surface area contributed by atoms with Crippen molar-refractivity contribution < 1.29 is 4.74 Å². The van der Waals surface area contributed by atoms with Gasteiger partial charge in [-0.05, 0) is 23.8 Å². The van der Waals surface area contributed by atoms with Crippen LogP contribution in [0.1, 0.15) is 17.2 Å². The number of ether oxygens (including phenoxy) is 1. The summed E-state index contributed by atoms with van der Waals surface area (Å²) in [6, 6.07) is 16.4. The summed E-state index contributed by atoms with van der Waals surface area (Å²) in [5, 5.41) is 4.28. The lowest BCUT2D eigenvalue weighted by molar-refractivity contribution is 0.310. The average molecular weight is 260 g/mol. The van der Waals surface area contributed by atoms with Gasteiger partial charge in [-0.25, -0.2) is 0 Å². The van der Waals surface area contributed by atoms with Crippen LogP contribution in [0.25, 0.3) is 0 Å². The fraction of sp³-hybridized carbons (Fsp3) is 0.200. The standard InChI is InChI=1S/C15H14ClNO/c16-12-7-5-11(6-8-12)9-17-14-10-18-15-4-2-1-3-13(14)15/h1-8,14,17H,9-10H2. The summed E-state index contributed by atoms with van der Waals surface area (Å²) < 4.78 is 5.63. The maximum atomic E-state index is 5.87. The maximum absolute atomic E-state index is 5.87. The normalized spacial score (nSPS) is 17.3. The molecule has 1 atom stereocenters. The van der Waals surface area contributed by atoms with Crippen molar-refractivity contribution in [3.05, 3.63) is 64.7 Å². The Morgan fingerprint density at radius 3 is 2.72 bits per heavy atom. The number of para-hydroxylation sites is 1. The van der Waals surface area contributed by atoms with E-state index in [-0.39, 0.29) is 6.04 Å². The molecule has 0 saturated carbocycles. The van der Waals surface area contributed by atoms with Crippen LogP contribution in [0.3, 0.4) is 0 Å². The fourth-order valence-electron chi connectivity index (χ4n) is 2.17. The van der Waals surface area contributed by atoms with E-state index in [1.807, 2.05) is 42.5 Å². The van der Waals surface area contributed by atoms with E-state index in [2.05, 4.69) is 11.4 Å². The predicted molar refractivity (Wildman–Crippen MR) is 73.0 cm³/mol. The lowest BCUT2D eigenvalue weighted by Gasteiger charge is -2.11. The van der Waals surface area contributed by atoms with E-state index in [1.165, 1.54) is 11.1 Å². The molecule has 1 heterocycles. The Kier molecular flexibility index (Phi) is 3.22. The number of hydrogen-bond donors (Lipinski definition) is 1. The first-order valence-electron chi connectivity index (χ1n) is 6.02. The van der Waals surface area contributed by atoms with Crippen LogP contribution in [0, 0.1) is 0 Å². The first-order chi connectivity index (χ1) is 8.83. The SMILES string of the molecule is Clc1ccc(CNC2COc3ccccc32)cc1. The number of rotatable bonds is 3. The molecule has 18 heavy (non-hydrogen) atoms. The number of halogens is 1. The van der Waals surface area contributed by atoms with E-state index < -0.39 is 0 Å². The minimum absolute atomic E-state index is 0.275. The van der Waals surface area contributed by atoms with E-state index in [0.29, 0.717) is 6.61 Å². The zero-order valence-corrected chi connectivity index (χ0v) is 10.7. The van der Waals surface area contributed by atoms with Gasteiger partial charge in [0.25, 0.3) is 0 Å². The molecule has 1 N–H and O–H groups in total. The summed E-state index contributed by atoms with van der Waals surface area (Å²) in [5.41, 5.74) is 2.47. The maximum Gasteiger partial charge on any atom is 0.124 e. The molecule has 0 fully saturated rings. The largest absolute Gasteiger partial charge is 0.491 e. The molecule has 0 spiro atoms. The highest BCUT2D eigenvalue weighted by Crippen LogP contribution is 2.31. The van der Waals surface area contributed by atoms with Crippen molar-refractivity contribution in [3.8, 4) is 5.75 Å². The van der Waals surface area contributed by atoms with Gasteiger partial charge >= 0.3 is 0 Å². The third-order valence-electron chi connectivity index (χ3n) is 3.17. The molecule has 0 aliphatic carbocycles. The molecule has 1 aliphatic rings. The van der Waals surface area contributed by atoms with Crippen molar-refractivity contribution in [3.63, 3.8) is 0 Å². The lowest BCUT2D eigenvalue weighted by Crippen LogP contribution is -2.21. The Bertz CT molecular complexity index is 538. The van der Waals surface area contributed by atoms with Crippen molar-refractivity contribution in [1.82, 2.24) is 5.32 Å². The second-order valence-corrected chi connectivity index (χ2v) is 4.85. The Balaban J connectivity index is 1.67. The molecule has 0 radical (unpaired) electrons. The molecule has 2 aromatic rings. The molecular weight excluding hydrogens is 246 g/mol. The Morgan fingerprint density at radius 1 is 1.11 bits per heavy atom. The molecular formula is C15H14ClNO. The van der Waals surface area contributed by atoms with Crippen LogP contribution in [0.4, 0.5) is 0 Å². The van der Waals surface area contributed by atoms with Gasteiger partial charge in [0, 0.05) is 17.1 Å². The molecule has 3 rings (SSSR count). The van der Waals surface area contributed by atoms with Crippen molar-refractivity contribution in [2.24, 2.45) is 0 Å². The van der Waals surface area contributed by atoms with Crippen molar-refractivity contribution >= 4 is 11.6 Å². The molecule has 3 heteroatoms. The second kappa shape index (κ2) is 5.01. The Hall–Kier alpha value is -1.51. The highest BCUT2D eigenvalue weighted by Gasteiger charge is 2.22. The summed E-state index contributed by atoms with van der Waals surface area (Å²) >= 11 is 5.87. The predicted octanol–water partition coefficient (Wildman–Crippen LogP) is 3.56. The topological polar surface area (TPSA) is 21.3 Å². The van der Waals surface area contributed by atoms with Crippen LogP contribution in [-0.4, -0.2) is 6.61 Å². The Labute approximate surface area is 112 Å². The zero-order valence-electron chi connectivity index (χ0n) is 9.90. The summed E-state index contributed by atoms with van der Waals surface area (Å²) in [6.07, 6.45) is 0. The van der Waals surface area contributed by atoms with Gasteiger partial charge < -0.3 is 10.1 Å². The summed E-state index contributed by atoms with van der Waals surface area (Å²) in [6.45, 7) is 1.52. The third kappa shape index (κ3) is 2.35. The van der Waals surface area contributed by atoms with Crippen LogP contribution in [0.2, 0.25) is 5.02 Å². The minimum Gasteiger partial charge on any atom is -0.491 e. The third-order valence-corrected chi connectivity index (χ3v) is 3.42. The van der Waals surface area contributed by atoms with E-state index in [1.54, 1.807) is 0 Å². The number of nitrogens with one attached hydrogen (secondary N) is 1. The highest BCUT2D eigenvalue weighted by atomic mass is 35.5. The summed E-state index contributed by atoms with van der Waals surface area (Å²) in [5.74, 6) is 0.992. The first kappa shape index (κ1) is 11.6. The molecule has 1 aliphatic heterocycles. The van der Waals surface area contributed by atoms with Crippen LogP contribution >= 0.6 is 11.6 Å². The van der Waals surface area contributed by atoms with E-state index in [9.17, 15) is 0 Å². The van der Waals surface area contributed by atoms with Gasteiger partial charge in [0.1, 0.15) is 12.4 Å². The number of hydrogen-bond acceptors (Lipinski definition) is 2. The smallest absolute Gasteiger partial charge is 0.124 e. The van der Waals surface area contributed by atoms with Gasteiger partial charge in [-0.15, -0.1) is 0 Å². The molecule has 2 nitrogen and oxygen atoms in total. The fourth-order valence-corrected chi connectivity index (χ4v) is 2.30. The molecule has 0 saturated heterocycles. The molecule has 2 aromatic carbocycles. The van der Waals surface area contributed by atoms with E-state index in [4.69, 9.17) is 16.3 Å². The summed E-state index contributed by atoms with van der Waals surface area (Å²) in [7, 11) is 0. The number of fused-ring (bicyclic) bond motifs is 1. The molecule has 1 unspecified atom stereocenters. The second-order valence-electron chi connectivity index (χ2n) is 4.41. The van der Waals surface area contributed by atoms with Gasteiger partial charge in [0.2, 0.25) is 0 Å². The monoisotopic (exact) mass is 259 g/mol. The van der Waals surface area contributed by atoms with Gasteiger partial charge in [-0.2, -0.15) is 0 Å². The van der Waals surface area contributed by atoms with Crippen molar-refractivity contribution in [2.45, 2.75) is 12.6 Å². The van der Waals surface area contributed by atoms with Crippen LogP contribution in [0.15, 0.2) is 48.5 Å². The minimum atomic E-state index is 0.275. The van der Waals surface area contributed by atoms with Gasteiger partial charge in [0.15, 0.2) is 0 Å². The van der Waals surface area contributed by atoms with Gasteiger partial charge in [-0.1, -0.05) is 41.9 Å². The summed E-state index contributed by atoms with van der Waals surface area (Å²) in [4.78, 5) is 0. The van der Waals surface area contributed by atoms with Crippen LogP contribution in [0.5, 0.6) is 5.75 Å². The van der Waals surface area contributed by atoms with Crippen LogP contribution < -0.4 is 10.1 Å². The molecule has 0 aromatic heterocycles. The first-order valence-corrected chi connectivity index (χ1v) is 6.40. The lowest BCUT2D eigenvalue weighted by atomic mass is 10.1. The van der Waals surface area contributed by atoms with Gasteiger partial charge in [0.05, 0.1) is 6.04 Å². The van der Waals surface area contributed by atoms with Crippen LogP contribution in [-0.2, 0) is 6.54 Å². The van der Waals surface area contributed by atoms with Crippen molar-refractivity contribution in [2.75, 3.05) is 6.61 Å². The quantitative estimate of drug-likeness (QED) is 0.910. The van der Waals surface area contributed by atoms with Gasteiger partial charge in [-0.3, -0.25) is 0 Å².